The Kier molecular flexibility index (Phi) is 7.03. The molecular formula is C19H30N4O2S2. The van der Waals surface area contributed by atoms with Crippen molar-refractivity contribution in [2.24, 2.45) is 11.8 Å². The van der Waals surface area contributed by atoms with Gasteiger partial charge in [-0.05, 0) is 57.0 Å². The summed E-state index contributed by atoms with van der Waals surface area (Å²) < 4.78 is 0. The molecule has 0 bridgehead atoms. The molecule has 1 aliphatic heterocycles. The Morgan fingerprint density at radius 1 is 0.815 bits per heavy atom. The van der Waals surface area contributed by atoms with Crippen molar-refractivity contribution in [1.82, 2.24) is 20.4 Å². The van der Waals surface area contributed by atoms with Gasteiger partial charge in [-0.1, -0.05) is 25.7 Å². The average molecular weight is 411 g/mol. The van der Waals surface area contributed by atoms with Crippen molar-refractivity contribution in [3.05, 3.63) is 0 Å². The van der Waals surface area contributed by atoms with Crippen molar-refractivity contribution in [3.8, 4) is 0 Å². The van der Waals surface area contributed by atoms with Crippen LogP contribution in [0.15, 0.2) is 0 Å². The van der Waals surface area contributed by atoms with Crippen molar-refractivity contribution in [2.75, 3.05) is 19.6 Å². The smallest absolute Gasteiger partial charge is 0.229 e. The molecule has 0 aromatic heterocycles. The molecule has 8 heteroatoms. The molecule has 27 heavy (non-hydrogen) atoms. The van der Waals surface area contributed by atoms with E-state index in [1.54, 1.807) is 0 Å². The zero-order chi connectivity index (χ0) is 19.4. The minimum absolute atomic E-state index is 0.0616. The predicted molar refractivity (Wildman–Crippen MR) is 113 cm³/mol. The lowest BCUT2D eigenvalue weighted by atomic mass is 10.1. The Balaban J connectivity index is 1.46. The van der Waals surface area contributed by atoms with E-state index in [9.17, 15) is 9.59 Å². The number of carbonyl (C=O) groups excluding carboxylic acids is 2. The number of hydrogen-bond acceptors (Lipinski definition) is 4. The summed E-state index contributed by atoms with van der Waals surface area (Å²) in [6.07, 6.45) is 8.38. The number of rotatable bonds is 2. The zero-order valence-corrected chi connectivity index (χ0v) is 17.7. The topological polar surface area (TPSA) is 64.7 Å². The number of carbonyl (C=O) groups is 2. The van der Waals surface area contributed by atoms with Crippen LogP contribution in [0, 0.1) is 11.8 Å². The molecule has 1 atom stereocenters. The second-order valence-corrected chi connectivity index (χ2v) is 8.81. The van der Waals surface area contributed by atoms with Crippen molar-refractivity contribution >= 4 is 46.5 Å². The molecule has 150 valence electrons. The summed E-state index contributed by atoms with van der Waals surface area (Å²) in [5.41, 5.74) is 0. The van der Waals surface area contributed by atoms with Gasteiger partial charge in [-0.25, -0.2) is 0 Å². The van der Waals surface area contributed by atoms with Gasteiger partial charge in [0.15, 0.2) is 10.2 Å². The van der Waals surface area contributed by atoms with Crippen LogP contribution >= 0.6 is 24.4 Å². The third-order valence-electron chi connectivity index (χ3n) is 6.09. The summed E-state index contributed by atoms with van der Waals surface area (Å²) in [7, 11) is 0. The van der Waals surface area contributed by atoms with E-state index in [4.69, 9.17) is 24.4 Å². The van der Waals surface area contributed by atoms with Crippen molar-refractivity contribution < 1.29 is 9.59 Å². The molecule has 0 spiro atoms. The molecule has 2 saturated carbocycles. The van der Waals surface area contributed by atoms with Gasteiger partial charge in [-0.15, -0.1) is 0 Å². The van der Waals surface area contributed by atoms with Crippen LogP contribution in [0.25, 0.3) is 0 Å². The summed E-state index contributed by atoms with van der Waals surface area (Å²) in [5, 5.41) is 6.88. The van der Waals surface area contributed by atoms with Crippen LogP contribution in [0.2, 0.25) is 0 Å². The summed E-state index contributed by atoms with van der Waals surface area (Å²) in [6.45, 7) is 4.13. The minimum atomic E-state index is 0.0616. The Morgan fingerprint density at radius 3 is 1.78 bits per heavy atom. The fraction of sp³-hybridized carbons (Fsp3) is 0.789. The van der Waals surface area contributed by atoms with Crippen LogP contribution in [0.3, 0.4) is 0 Å². The van der Waals surface area contributed by atoms with Crippen LogP contribution < -0.4 is 10.6 Å². The Hall–Kier alpha value is -1.28. The summed E-state index contributed by atoms with van der Waals surface area (Å²) >= 11 is 10.9. The highest BCUT2D eigenvalue weighted by Gasteiger charge is 2.31. The molecule has 0 radical (unpaired) electrons. The van der Waals surface area contributed by atoms with Crippen molar-refractivity contribution in [2.45, 2.75) is 64.3 Å². The Bertz CT molecular complexity index is 601. The van der Waals surface area contributed by atoms with Crippen molar-refractivity contribution in [1.29, 1.82) is 0 Å². The second kappa shape index (κ2) is 9.28. The number of thiocarbonyl (C=S) groups is 2. The highest BCUT2D eigenvalue weighted by atomic mass is 32.1. The fourth-order valence-electron chi connectivity index (χ4n) is 4.39. The lowest BCUT2D eigenvalue weighted by Crippen LogP contribution is -2.60. The van der Waals surface area contributed by atoms with Gasteiger partial charge in [0.05, 0.1) is 0 Å². The average Bonchev–Trinajstić information content (AvgIpc) is 3.35. The molecule has 3 aliphatic rings. The fourth-order valence-corrected chi connectivity index (χ4v) is 5.02. The predicted octanol–water partition coefficient (Wildman–Crippen LogP) is 2.18. The van der Waals surface area contributed by atoms with Gasteiger partial charge in [-0.3, -0.25) is 9.59 Å². The second-order valence-electron chi connectivity index (χ2n) is 8.04. The highest BCUT2D eigenvalue weighted by Crippen LogP contribution is 2.25. The van der Waals surface area contributed by atoms with E-state index in [0.717, 1.165) is 51.4 Å². The standard InChI is InChI=1S/C19H30N4O2S2/c1-13-12-22(18(26)20-16(24)14-6-2-3-7-14)10-11-23(13)19(27)21-17(25)15-8-4-5-9-15/h13-15H,2-12H2,1H3,(H,20,24,26)(H,21,25,27)/t13-/m1/s1. The number of amides is 2. The van der Waals surface area contributed by atoms with Crippen molar-refractivity contribution in [3.63, 3.8) is 0 Å². The molecule has 3 rings (SSSR count). The third kappa shape index (κ3) is 5.16. The van der Waals surface area contributed by atoms with E-state index in [1.165, 1.54) is 0 Å². The Morgan fingerprint density at radius 2 is 1.30 bits per heavy atom. The maximum absolute atomic E-state index is 12.3. The maximum atomic E-state index is 12.3. The molecule has 1 heterocycles. The summed E-state index contributed by atoms with van der Waals surface area (Å²) in [4.78, 5) is 28.7. The zero-order valence-electron chi connectivity index (χ0n) is 16.0. The SMILES string of the molecule is C[C@@H]1CN(C(=S)NC(=O)C2CCCC2)CCN1C(=S)NC(=O)C1CCCC1. The molecule has 0 aromatic carbocycles. The molecular weight excluding hydrogens is 380 g/mol. The Labute approximate surface area is 172 Å². The first-order valence-corrected chi connectivity index (χ1v) is 11.0. The van der Waals surface area contributed by atoms with Crippen LogP contribution in [-0.4, -0.2) is 57.5 Å². The van der Waals surface area contributed by atoms with Crippen LogP contribution in [0.5, 0.6) is 0 Å². The van der Waals surface area contributed by atoms with E-state index in [2.05, 4.69) is 22.5 Å². The van der Waals surface area contributed by atoms with Crippen LogP contribution in [-0.2, 0) is 9.59 Å². The molecule has 2 amide bonds. The lowest BCUT2D eigenvalue weighted by Gasteiger charge is -2.42. The van der Waals surface area contributed by atoms with E-state index in [0.29, 0.717) is 29.9 Å². The van der Waals surface area contributed by atoms with Gasteiger partial charge in [-0.2, -0.15) is 0 Å². The quantitative estimate of drug-likeness (QED) is 0.681. The third-order valence-corrected chi connectivity index (χ3v) is 6.78. The van der Waals surface area contributed by atoms with Gasteiger partial charge < -0.3 is 20.4 Å². The molecule has 2 aliphatic carbocycles. The van der Waals surface area contributed by atoms with Gasteiger partial charge in [0.1, 0.15) is 0 Å². The number of hydrogen-bond donors (Lipinski definition) is 2. The largest absolute Gasteiger partial charge is 0.345 e. The first-order valence-electron chi connectivity index (χ1n) is 10.2. The number of piperazine rings is 1. The van der Waals surface area contributed by atoms with E-state index >= 15 is 0 Å². The van der Waals surface area contributed by atoms with Crippen LogP contribution in [0.1, 0.15) is 58.3 Å². The molecule has 3 fully saturated rings. The maximum Gasteiger partial charge on any atom is 0.229 e. The number of nitrogens with zero attached hydrogens (tertiary/aromatic N) is 2. The highest BCUT2D eigenvalue weighted by molar-refractivity contribution is 7.80. The van der Waals surface area contributed by atoms with E-state index in [-0.39, 0.29) is 29.7 Å². The van der Waals surface area contributed by atoms with Gasteiger partial charge >= 0.3 is 0 Å². The molecule has 1 saturated heterocycles. The number of nitrogens with one attached hydrogen (secondary N) is 2. The molecule has 0 aromatic rings. The van der Waals surface area contributed by atoms with Crippen LogP contribution in [0.4, 0.5) is 0 Å². The molecule has 2 N–H and O–H groups in total. The monoisotopic (exact) mass is 410 g/mol. The first-order chi connectivity index (χ1) is 13.0. The van der Waals surface area contributed by atoms with Gasteiger partial charge in [0, 0.05) is 37.5 Å². The minimum Gasteiger partial charge on any atom is -0.345 e. The summed E-state index contributed by atoms with van der Waals surface area (Å²) in [6, 6.07) is 0.122. The molecule has 6 nitrogen and oxygen atoms in total. The normalized spacial score (nSPS) is 24.1. The van der Waals surface area contributed by atoms with E-state index in [1.807, 2.05) is 4.90 Å². The summed E-state index contributed by atoms with van der Waals surface area (Å²) in [5.74, 6) is 0.344. The van der Waals surface area contributed by atoms with E-state index < -0.39 is 0 Å². The molecule has 0 unspecified atom stereocenters. The first kappa shape index (κ1) is 20.5. The van der Waals surface area contributed by atoms with Gasteiger partial charge in [0.2, 0.25) is 11.8 Å². The van der Waals surface area contributed by atoms with Gasteiger partial charge in [0.25, 0.3) is 0 Å². The lowest BCUT2D eigenvalue weighted by molar-refractivity contribution is -0.124.